The van der Waals surface area contributed by atoms with Gasteiger partial charge in [-0.1, -0.05) is 11.6 Å². The number of halogens is 1. The molecule has 2 rings (SSSR count). The molecule has 0 spiro atoms. The maximum absolute atomic E-state index is 5.79. The smallest absolute Gasteiger partial charge is 0.128 e. The normalized spacial score (nSPS) is 10.4. The van der Waals surface area contributed by atoms with Crippen LogP contribution in [0.4, 0.5) is 5.82 Å². The summed E-state index contributed by atoms with van der Waals surface area (Å²) in [5, 5.41) is 0.650. The van der Waals surface area contributed by atoms with E-state index >= 15 is 0 Å². The van der Waals surface area contributed by atoms with Gasteiger partial charge >= 0.3 is 0 Å². The molecule has 3 nitrogen and oxygen atoms in total. The summed E-state index contributed by atoms with van der Waals surface area (Å²) in [6.45, 7) is 2.73. The topological polar surface area (TPSA) is 29.3 Å². The third-order valence-corrected chi connectivity index (χ3v) is 2.70. The number of aromatic nitrogens is 1. The standard InChI is InChI=1S/C12H13ClN2O/c1-9-10(5-6-16-9)8-15(2)12-4-3-11(13)7-14-12/h3-7H,8H2,1-2H3. The lowest BCUT2D eigenvalue weighted by Crippen LogP contribution is -2.17. The quantitative estimate of drug-likeness (QED) is 0.819. The first-order valence-electron chi connectivity index (χ1n) is 5.02. The van der Waals surface area contributed by atoms with Crippen LogP contribution in [0.15, 0.2) is 35.1 Å². The lowest BCUT2D eigenvalue weighted by molar-refractivity contribution is 0.529. The lowest BCUT2D eigenvalue weighted by Gasteiger charge is -2.17. The van der Waals surface area contributed by atoms with Gasteiger partial charge in [-0.3, -0.25) is 0 Å². The number of nitrogens with zero attached hydrogens (tertiary/aromatic N) is 2. The maximum atomic E-state index is 5.79. The van der Waals surface area contributed by atoms with Gasteiger partial charge in [-0.2, -0.15) is 0 Å². The second kappa shape index (κ2) is 4.58. The van der Waals surface area contributed by atoms with Gasteiger partial charge in [-0.25, -0.2) is 4.98 Å². The van der Waals surface area contributed by atoms with E-state index in [1.165, 1.54) is 5.56 Å². The second-order valence-corrected chi connectivity index (χ2v) is 4.13. The molecule has 0 N–H and O–H groups in total. The van der Waals surface area contributed by atoms with Crippen LogP contribution in [0.1, 0.15) is 11.3 Å². The Bertz CT molecular complexity index is 464. The Hall–Kier alpha value is -1.48. The van der Waals surface area contributed by atoms with Crippen molar-refractivity contribution in [1.82, 2.24) is 4.98 Å². The van der Waals surface area contributed by atoms with Crippen LogP contribution in [0.3, 0.4) is 0 Å². The van der Waals surface area contributed by atoms with Crippen molar-refractivity contribution in [2.45, 2.75) is 13.5 Å². The fraction of sp³-hybridized carbons (Fsp3) is 0.250. The largest absolute Gasteiger partial charge is 0.469 e. The maximum Gasteiger partial charge on any atom is 0.128 e. The average Bonchev–Trinajstić information content (AvgIpc) is 2.65. The molecule has 0 amide bonds. The number of aryl methyl sites for hydroxylation is 1. The van der Waals surface area contributed by atoms with Crippen molar-refractivity contribution in [2.24, 2.45) is 0 Å². The summed E-state index contributed by atoms with van der Waals surface area (Å²) in [7, 11) is 1.99. The average molecular weight is 237 g/mol. The number of pyridine rings is 1. The van der Waals surface area contributed by atoms with Crippen molar-refractivity contribution in [3.8, 4) is 0 Å². The van der Waals surface area contributed by atoms with E-state index in [1.807, 2.05) is 37.1 Å². The monoisotopic (exact) mass is 236 g/mol. The molecule has 0 aliphatic heterocycles. The van der Waals surface area contributed by atoms with E-state index in [0.29, 0.717) is 5.02 Å². The van der Waals surface area contributed by atoms with E-state index in [9.17, 15) is 0 Å². The summed E-state index contributed by atoms with van der Waals surface area (Å²) in [6.07, 6.45) is 3.35. The van der Waals surface area contributed by atoms with Gasteiger partial charge in [-0.05, 0) is 25.1 Å². The van der Waals surface area contributed by atoms with Gasteiger partial charge in [0.05, 0.1) is 11.3 Å². The van der Waals surface area contributed by atoms with Crippen LogP contribution in [-0.4, -0.2) is 12.0 Å². The van der Waals surface area contributed by atoms with Crippen molar-refractivity contribution in [2.75, 3.05) is 11.9 Å². The van der Waals surface area contributed by atoms with Gasteiger partial charge < -0.3 is 9.32 Å². The summed E-state index contributed by atoms with van der Waals surface area (Å²) in [5.41, 5.74) is 1.17. The molecule has 2 aromatic heterocycles. The molecule has 0 saturated heterocycles. The molecule has 16 heavy (non-hydrogen) atoms. The molecule has 0 fully saturated rings. The van der Waals surface area contributed by atoms with Gasteiger partial charge in [0.25, 0.3) is 0 Å². The van der Waals surface area contributed by atoms with Gasteiger partial charge in [0, 0.05) is 25.4 Å². The van der Waals surface area contributed by atoms with E-state index in [1.54, 1.807) is 12.5 Å². The van der Waals surface area contributed by atoms with Crippen LogP contribution in [-0.2, 0) is 6.54 Å². The van der Waals surface area contributed by atoms with Crippen LogP contribution in [0.2, 0.25) is 5.02 Å². The summed E-state index contributed by atoms with van der Waals surface area (Å²) in [5.74, 6) is 1.84. The molecular formula is C12H13ClN2O. The Kier molecular flexibility index (Phi) is 3.15. The number of anilines is 1. The third-order valence-electron chi connectivity index (χ3n) is 2.48. The first-order valence-corrected chi connectivity index (χ1v) is 5.40. The van der Waals surface area contributed by atoms with Crippen LogP contribution in [0, 0.1) is 6.92 Å². The second-order valence-electron chi connectivity index (χ2n) is 3.69. The summed E-state index contributed by atoms with van der Waals surface area (Å²) in [4.78, 5) is 6.30. The minimum absolute atomic E-state index is 0.650. The lowest BCUT2D eigenvalue weighted by atomic mass is 10.2. The van der Waals surface area contributed by atoms with Gasteiger partial charge in [0.2, 0.25) is 0 Å². The summed E-state index contributed by atoms with van der Waals surface area (Å²) in [6, 6.07) is 5.71. The molecule has 0 unspecified atom stereocenters. The van der Waals surface area contributed by atoms with Crippen LogP contribution < -0.4 is 4.90 Å². The van der Waals surface area contributed by atoms with E-state index in [0.717, 1.165) is 18.1 Å². The van der Waals surface area contributed by atoms with Crippen LogP contribution in [0.25, 0.3) is 0 Å². The first kappa shape index (κ1) is 11.0. The van der Waals surface area contributed by atoms with Gasteiger partial charge in [0.1, 0.15) is 11.6 Å². The fourth-order valence-electron chi connectivity index (χ4n) is 1.51. The van der Waals surface area contributed by atoms with E-state index < -0.39 is 0 Å². The zero-order valence-electron chi connectivity index (χ0n) is 9.27. The van der Waals surface area contributed by atoms with E-state index in [-0.39, 0.29) is 0 Å². The molecule has 0 aliphatic carbocycles. The number of rotatable bonds is 3. The Morgan fingerprint density at radius 3 is 2.75 bits per heavy atom. The molecule has 0 aliphatic rings. The Balaban J connectivity index is 2.11. The minimum atomic E-state index is 0.650. The van der Waals surface area contributed by atoms with Gasteiger partial charge in [-0.15, -0.1) is 0 Å². The number of furan rings is 1. The first-order chi connectivity index (χ1) is 7.66. The van der Waals surface area contributed by atoms with E-state index in [4.69, 9.17) is 16.0 Å². The highest BCUT2D eigenvalue weighted by molar-refractivity contribution is 6.30. The van der Waals surface area contributed by atoms with Crippen molar-refractivity contribution in [3.63, 3.8) is 0 Å². The highest BCUT2D eigenvalue weighted by Crippen LogP contribution is 2.17. The number of hydrogen-bond acceptors (Lipinski definition) is 3. The highest BCUT2D eigenvalue weighted by atomic mass is 35.5. The Labute approximate surface area is 99.7 Å². The molecule has 0 bridgehead atoms. The zero-order chi connectivity index (χ0) is 11.5. The molecule has 84 valence electrons. The zero-order valence-corrected chi connectivity index (χ0v) is 10.0. The van der Waals surface area contributed by atoms with Crippen molar-refractivity contribution in [3.05, 3.63) is 47.0 Å². The molecule has 4 heteroatoms. The summed E-state index contributed by atoms with van der Waals surface area (Å²) >= 11 is 5.79. The molecular weight excluding hydrogens is 224 g/mol. The molecule has 0 aromatic carbocycles. The van der Waals surface area contributed by atoms with Crippen LogP contribution >= 0.6 is 11.6 Å². The summed E-state index contributed by atoms with van der Waals surface area (Å²) < 4.78 is 5.25. The SMILES string of the molecule is Cc1occc1CN(C)c1ccc(Cl)cn1. The highest BCUT2D eigenvalue weighted by Gasteiger charge is 2.07. The molecule has 2 heterocycles. The van der Waals surface area contributed by atoms with Crippen LogP contribution in [0.5, 0.6) is 0 Å². The third kappa shape index (κ3) is 2.36. The Morgan fingerprint density at radius 2 is 2.19 bits per heavy atom. The fourth-order valence-corrected chi connectivity index (χ4v) is 1.62. The predicted molar refractivity (Wildman–Crippen MR) is 64.8 cm³/mol. The predicted octanol–water partition coefficient (Wildman–Crippen LogP) is 3.27. The van der Waals surface area contributed by atoms with Crippen molar-refractivity contribution < 1.29 is 4.42 Å². The molecule has 0 atom stereocenters. The minimum Gasteiger partial charge on any atom is -0.469 e. The molecule has 2 aromatic rings. The van der Waals surface area contributed by atoms with Crippen molar-refractivity contribution in [1.29, 1.82) is 0 Å². The number of hydrogen-bond donors (Lipinski definition) is 0. The molecule has 0 radical (unpaired) electrons. The van der Waals surface area contributed by atoms with Gasteiger partial charge in [0.15, 0.2) is 0 Å². The van der Waals surface area contributed by atoms with E-state index in [2.05, 4.69) is 4.98 Å². The Morgan fingerprint density at radius 1 is 1.38 bits per heavy atom. The van der Waals surface area contributed by atoms with Crippen molar-refractivity contribution >= 4 is 17.4 Å². The molecule has 0 saturated carbocycles.